The molecule has 0 bridgehead atoms. The first-order valence-corrected chi connectivity index (χ1v) is 6.85. The fourth-order valence-corrected chi connectivity index (χ4v) is 2.47. The smallest absolute Gasteiger partial charge is 0.326 e. The van der Waals surface area contributed by atoms with Gasteiger partial charge in [0.05, 0.1) is 6.04 Å². The van der Waals surface area contributed by atoms with Crippen molar-refractivity contribution in [1.29, 1.82) is 0 Å². The van der Waals surface area contributed by atoms with Crippen LogP contribution in [0.1, 0.15) is 36.9 Å². The molecule has 0 aliphatic carbocycles. The van der Waals surface area contributed by atoms with Gasteiger partial charge in [0.15, 0.2) is 0 Å². The van der Waals surface area contributed by atoms with Crippen molar-refractivity contribution in [3.05, 3.63) is 35.4 Å². The number of amides is 2. The molecule has 1 aliphatic rings. The third kappa shape index (κ3) is 3.10. The molecule has 2 amide bonds. The van der Waals surface area contributed by atoms with Crippen LogP contribution in [-0.4, -0.2) is 34.6 Å². The van der Waals surface area contributed by atoms with E-state index in [-0.39, 0.29) is 12.1 Å². The molecule has 0 spiro atoms. The minimum Gasteiger partial charge on any atom is -0.480 e. The van der Waals surface area contributed by atoms with Crippen LogP contribution in [0.4, 0.5) is 4.79 Å². The Bertz CT molecular complexity index is 498. The van der Waals surface area contributed by atoms with Gasteiger partial charge >= 0.3 is 12.0 Å². The summed E-state index contributed by atoms with van der Waals surface area (Å²) >= 11 is 0. The number of aryl methyl sites for hydroxylation is 1. The number of urea groups is 1. The highest BCUT2D eigenvalue weighted by Crippen LogP contribution is 2.19. The van der Waals surface area contributed by atoms with Gasteiger partial charge in [-0.2, -0.15) is 0 Å². The molecular formula is C15H20N2O3. The average molecular weight is 276 g/mol. The van der Waals surface area contributed by atoms with Crippen molar-refractivity contribution in [2.45, 2.75) is 38.8 Å². The zero-order chi connectivity index (χ0) is 14.7. The van der Waals surface area contributed by atoms with Gasteiger partial charge in [0.25, 0.3) is 0 Å². The average Bonchev–Trinajstić information content (AvgIpc) is 2.88. The van der Waals surface area contributed by atoms with Crippen LogP contribution in [0.25, 0.3) is 0 Å². The Hall–Kier alpha value is -2.04. The SMILES string of the molecule is Cc1ccc(C(C)NC(=O)N2CCCC2C(=O)O)cc1. The number of nitrogens with zero attached hydrogens (tertiary/aromatic N) is 1. The Morgan fingerprint density at radius 2 is 2.00 bits per heavy atom. The highest BCUT2D eigenvalue weighted by Gasteiger charge is 2.34. The summed E-state index contributed by atoms with van der Waals surface area (Å²) in [5, 5.41) is 12.0. The molecule has 1 saturated heterocycles. The largest absolute Gasteiger partial charge is 0.480 e. The number of aliphatic carboxylic acids is 1. The standard InChI is InChI=1S/C15H20N2O3/c1-10-5-7-12(8-6-10)11(2)16-15(20)17-9-3-4-13(17)14(18)19/h5-8,11,13H,3-4,9H2,1-2H3,(H,16,20)(H,18,19). The zero-order valence-corrected chi connectivity index (χ0v) is 11.8. The summed E-state index contributed by atoms with van der Waals surface area (Å²) in [6.45, 7) is 4.41. The second-order valence-corrected chi connectivity index (χ2v) is 5.27. The van der Waals surface area contributed by atoms with Gasteiger partial charge in [-0.1, -0.05) is 29.8 Å². The number of carboxylic acid groups (broad SMARTS) is 1. The number of benzene rings is 1. The molecule has 1 heterocycles. The van der Waals surface area contributed by atoms with Crippen molar-refractivity contribution in [3.8, 4) is 0 Å². The van der Waals surface area contributed by atoms with Gasteiger partial charge in [0.1, 0.15) is 6.04 Å². The van der Waals surface area contributed by atoms with E-state index in [0.29, 0.717) is 13.0 Å². The first kappa shape index (κ1) is 14.4. The minimum atomic E-state index is -0.930. The quantitative estimate of drug-likeness (QED) is 0.890. The number of hydrogen-bond acceptors (Lipinski definition) is 2. The highest BCUT2D eigenvalue weighted by atomic mass is 16.4. The van der Waals surface area contributed by atoms with Crippen molar-refractivity contribution >= 4 is 12.0 Å². The normalized spacial score (nSPS) is 19.7. The van der Waals surface area contributed by atoms with Crippen LogP contribution in [0.5, 0.6) is 0 Å². The molecule has 0 radical (unpaired) electrons. The Morgan fingerprint density at radius 1 is 1.35 bits per heavy atom. The number of carbonyl (C=O) groups is 2. The van der Waals surface area contributed by atoms with E-state index < -0.39 is 12.0 Å². The molecular weight excluding hydrogens is 256 g/mol. The minimum absolute atomic E-state index is 0.141. The Balaban J connectivity index is 2.00. The van der Waals surface area contributed by atoms with Crippen molar-refractivity contribution in [2.75, 3.05) is 6.54 Å². The Labute approximate surface area is 118 Å². The second-order valence-electron chi connectivity index (χ2n) is 5.27. The summed E-state index contributed by atoms with van der Waals surface area (Å²) in [5.41, 5.74) is 2.17. The molecule has 1 aromatic carbocycles. The Kier molecular flexibility index (Phi) is 4.27. The third-order valence-corrected chi connectivity index (χ3v) is 3.72. The van der Waals surface area contributed by atoms with Crippen molar-refractivity contribution in [3.63, 3.8) is 0 Å². The molecule has 1 aromatic rings. The molecule has 0 aromatic heterocycles. The van der Waals surface area contributed by atoms with E-state index in [9.17, 15) is 9.59 Å². The number of carboxylic acids is 1. The molecule has 0 saturated carbocycles. The fraction of sp³-hybridized carbons (Fsp3) is 0.467. The number of carbonyl (C=O) groups excluding carboxylic acids is 1. The summed E-state index contributed by atoms with van der Waals surface area (Å²) in [5.74, 6) is -0.930. The van der Waals surface area contributed by atoms with Gasteiger partial charge in [-0.05, 0) is 32.3 Å². The molecule has 2 N–H and O–H groups in total. The highest BCUT2D eigenvalue weighted by molar-refractivity contribution is 5.83. The Morgan fingerprint density at radius 3 is 2.60 bits per heavy atom. The summed E-state index contributed by atoms with van der Waals surface area (Å²) in [6.07, 6.45) is 1.27. The van der Waals surface area contributed by atoms with Crippen LogP contribution in [0, 0.1) is 6.92 Å². The summed E-state index contributed by atoms with van der Waals surface area (Å²) in [6, 6.07) is 6.79. The van der Waals surface area contributed by atoms with Gasteiger partial charge < -0.3 is 15.3 Å². The monoisotopic (exact) mass is 276 g/mol. The van der Waals surface area contributed by atoms with Crippen LogP contribution < -0.4 is 5.32 Å². The molecule has 2 atom stereocenters. The first-order chi connectivity index (χ1) is 9.49. The van der Waals surface area contributed by atoms with E-state index in [2.05, 4.69) is 5.32 Å². The molecule has 20 heavy (non-hydrogen) atoms. The maximum Gasteiger partial charge on any atom is 0.326 e. The van der Waals surface area contributed by atoms with Crippen LogP contribution in [0.15, 0.2) is 24.3 Å². The van der Waals surface area contributed by atoms with E-state index in [1.807, 2.05) is 38.1 Å². The molecule has 5 heteroatoms. The molecule has 1 aliphatic heterocycles. The number of nitrogens with one attached hydrogen (secondary N) is 1. The van der Waals surface area contributed by atoms with Gasteiger partial charge in [-0.25, -0.2) is 9.59 Å². The van der Waals surface area contributed by atoms with Crippen LogP contribution in [0.2, 0.25) is 0 Å². The lowest BCUT2D eigenvalue weighted by Gasteiger charge is -2.24. The van der Waals surface area contributed by atoms with Gasteiger partial charge in [-0.15, -0.1) is 0 Å². The number of likely N-dealkylation sites (tertiary alicyclic amines) is 1. The van der Waals surface area contributed by atoms with Crippen LogP contribution >= 0.6 is 0 Å². The molecule has 2 unspecified atom stereocenters. The zero-order valence-electron chi connectivity index (χ0n) is 11.8. The van der Waals surface area contributed by atoms with E-state index in [1.165, 1.54) is 4.90 Å². The molecule has 1 fully saturated rings. The fourth-order valence-electron chi connectivity index (χ4n) is 2.47. The number of rotatable bonds is 3. The van der Waals surface area contributed by atoms with Gasteiger partial charge in [-0.3, -0.25) is 0 Å². The van der Waals surface area contributed by atoms with E-state index in [4.69, 9.17) is 5.11 Å². The lowest BCUT2D eigenvalue weighted by molar-refractivity contribution is -0.141. The van der Waals surface area contributed by atoms with Crippen molar-refractivity contribution in [1.82, 2.24) is 10.2 Å². The van der Waals surface area contributed by atoms with E-state index in [0.717, 1.165) is 17.5 Å². The maximum absolute atomic E-state index is 12.2. The summed E-state index contributed by atoms with van der Waals surface area (Å²) < 4.78 is 0. The van der Waals surface area contributed by atoms with Crippen LogP contribution in [-0.2, 0) is 4.79 Å². The lowest BCUT2D eigenvalue weighted by Crippen LogP contribution is -2.46. The first-order valence-electron chi connectivity index (χ1n) is 6.85. The third-order valence-electron chi connectivity index (χ3n) is 3.72. The van der Waals surface area contributed by atoms with Gasteiger partial charge in [0.2, 0.25) is 0 Å². The van der Waals surface area contributed by atoms with E-state index in [1.54, 1.807) is 0 Å². The number of hydrogen-bond donors (Lipinski definition) is 2. The van der Waals surface area contributed by atoms with Crippen molar-refractivity contribution < 1.29 is 14.7 Å². The predicted octanol–water partition coefficient (Wildman–Crippen LogP) is 2.31. The van der Waals surface area contributed by atoms with E-state index >= 15 is 0 Å². The lowest BCUT2D eigenvalue weighted by atomic mass is 10.1. The maximum atomic E-state index is 12.2. The van der Waals surface area contributed by atoms with Gasteiger partial charge in [0, 0.05) is 6.54 Å². The summed E-state index contributed by atoms with van der Waals surface area (Å²) in [4.78, 5) is 24.7. The molecule has 108 valence electrons. The second kappa shape index (κ2) is 5.94. The molecule has 5 nitrogen and oxygen atoms in total. The van der Waals surface area contributed by atoms with Crippen LogP contribution in [0.3, 0.4) is 0 Å². The summed E-state index contributed by atoms with van der Waals surface area (Å²) in [7, 11) is 0. The molecule has 2 rings (SSSR count). The topological polar surface area (TPSA) is 69.6 Å². The van der Waals surface area contributed by atoms with Crippen molar-refractivity contribution in [2.24, 2.45) is 0 Å². The predicted molar refractivity (Wildman–Crippen MR) is 75.5 cm³/mol.